The van der Waals surface area contributed by atoms with Crippen LogP contribution in [0.25, 0.3) is 10.9 Å². The molecule has 0 fully saturated rings. The lowest BCUT2D eigenvalue weighted by atomic mass is 10.1. The molecule has 1 aromatic heterocycles. The van der Waals surface area contributed by atoms with Crippen molar-refractivity contribution in [3.8, 4) is 0 Å². The topological polar surface area (TPSA) is 95.7 Å². The number of hydrogen-bond acceptors (Lipinski definition) is 4. The van der Waals surface area contributed by atoms with E-state index in [-0.39, 0.29) is 13.1 Å². The van der Waals surface area contributed by atoms with Crippen molar-refractivity contribution in [3.63, 3.8) is 0 Å². The zero-order chi connectivity index (χ0) is 15.7. The highest BCUT2D eigenvalue weighted by atomic mass is 127. The zero-order valence-corrected chi connectivity index (χ0v) is 13.7. The first-order valence-corrected chi connectivity index (χ1v) is 7.19. The standard InChI is InChI=1S/C13H14IN3O4/c1-7-3-10-8(13(14)15-16(10)2)4-9(7)17(5-11(18)19)6-12(20)21/h3-4H,5-6H2,1-2H3,(H,18,19)(H,20,21). The first-order chi connectivity index (χ1) is 9.79. The molecule has 0 saturated carbocycles. The highest BCUT2D eigenvalue weighted by Gasteiger charge is 2.18. The van der Waals surface area contributed by atoms with E-state index >= 15 is 0 Å². The fourth-order valence-electron chi connectivity index (χ4n) is 2.25. The summed E-state index contributed by atoms with van der Waals surface area (Å²) >= 11 is 2.10. The summed E-state index contributed by atoms with van der Waals surface area (Å²) in [5.74, 6) is -2.15. The SMILES string of the molecule is Cc1cc2c(cc1N(CC(=O)O)CC(=O)O)c(I)nn2C. The average Bonchev–Trinajstić information content (AvgIpc) is 2.61. The zero-order valence-electron chi connectivity index (χ0n) is 11.5. The van der Waals surface area contributed by atoms with Crippen LogP contribution >= 0.6 is 22.6 Å². The predicted octanol–water partition coefficient (Wildman–Crippen LogP) is 1.46. The first-order valence-electron chi connectivity index (χ1n) is 6.11. The summed E-state index contributed by atoms with van der Waals surface area (Å²) in [4.78, 5) is 23.3. The molecule has 2 N–H and O–H groups in total. The minimum absolute atomic E-state index is 0.366. The van der Waals surface area contributed by atoms with E-state index < -0.39 is 11.9 Å². The fraction of sp³-hybridized carbons (Fsp3) is 0.308. The second kappa shape index (κ2) is 5.88. The summed E-state index contributed by atoms with van der Waals surface area (Å²) in [5.41, 5.74) is 2.33. The number of fused-ring (bicyclic) bond motifs is 1. The van der Waals surface area contributed by atoms with Gasteiger partial charge in [0.1, 0.15) is 16.8 Å². The van der Waals surface area contributed by atoms with E-state index in [4.69, 9.17) is 10.2 Å². The molecule has 8 heteroatoms. The van der Waals surface area contributed by atoms with Crippen LogP contribution in [0.15, 0.2) is 12.1 Å². The van der Waals surface area contributed by atoms with Crippen LogP contribution in [0.5, 0.6) is 0 Å². The van der Waals surface area contributed by atoms with Gasteiger partial charge in [-0.25, -0.2) is 0 Å². The van der Waals surface area contributed by atoms with Crippen molar-refractivity contribution in [1.29, 1.82) is 0 Å². The van der Waals surface area contributed by atoms with Crippen LogP contribution in [0.3, 0.4) is 0 Å². The molecule has 7 nitrogen and oxygen atoms in total. The number of aromatic nitrogens is 2. The van der Waals surface area contributed by atoms with Gasteiger partial charge in [-0.1, -0.05) is 0 Å². The van der Waals surface area contributed by atoms with Crippen LogP contribution in [-0.4, -0.2) is 45.0 Å². The van der Waals surface area contributed by atoms with Gasteiger partial charge in [-0.15, -0.1) is 0 Å². The molecule has 0 aliphatic rings. The molecule has 2 rings (SSSR count). The third-order valence-corrected chi connectivity index (χ3v) is 3.91. The van der Waals surface area contributed by atoms with Gasteiger partial charge in [0.15, 0.2) is 0 Å². The number of rotatable bonds is 5. The molecular weight excluding hydrogens is 389 g/mol. The Morgan fingerprint density at radius 1 is 1.29 bits per heavy atom. The van der Waals surface area contributed by atoms with Crippen molar-refractivity contribution in [2.75, 3.05) is 18.0 Å². The lowest BCUT2D eigenvalue weighted by Gasteiger charge is -2.23. The van der Waals surface area contributed by atoms with E-state index in [1.54, 1.807) is 10.7 Å². The normalized spacial score (nSPS) is 10.8. The van der Waals surface area contributed by atoms with E-state index in [0.717, 1.165) is 20.2 Å². The van der Waals surface area contributed by atoms with Gasteiger partial charge in [-0.2, -0.15) is 5.10 Å². The second-order valence-electron chi connectivity index (χ2n) is 4.71. The third kappa shape index (κ3) is 3.26. The van der Waals surface area contributed by atoms with Gasteiger partial charge in [0.25, 0.3) is 0 Å². The predicted molar refractivity (Wildman–Crippen MR) is 85.7 cm³/mol. The molecule has 0 bridgehead atoms. The van der Waals surface area contributed by atoms with Crippen LogP contribution in [-0.2, 0) is 16.6 Å². The molecule has 0 aliphatic carbocycles. The van der Waals surface area contributed by atoms with Crippen LogP contribution in [0.4, 0.5) is 5.69 Å². The van der Waals surface area contributed by atoms with Crippen LogP contribution in [0.2, 0.25) is 0 Å². The Morgan fingerprint density at radius 2 is 1.86 bits per heavy atom. The summed E-state index contributed by atoms with van der Waals surface area (Å²) in [7, 11) is 1.83. The number of anilines is 1. The number of benzene rings is 1. The smallest absolute Gasteiger partial charge is 0.323 e. The van der Waals surface area contributed by atoms with E-state index in [0.29, 0.717) is 5.69 Å². The Kier molecular flexibility index (Phi) is 4.35. The quantitative estimate of drug-likeness (QED) is 0.735. The van der Waals surface area contributed by atoms with Gasteiger partial charge in [0.2, 0.25) is 0 Å². The highest BCUT2D eigenvalue weighted by Crippen LogP contribution is 2.29. The van der Waals surface area contributed by atoms with Gasteiger partial charge in [-0.05, 0) is 47.2 Å². The summed E-state index contributed by atoms with van der Waals surface area (Å²) in [6, 6.07) is 3.68. The molecule has 0 atom stereocenters. The Morgan fingerprint density at radius 3 is 2.38 bits per heavy atom. The number of aliphatic carboxylic acids is 2. The fourth-order valence-corrected chi connectivity index (χ4v) is 3.00. The molecule has 1 aromatic carbocycles. The molecule has 0 radical (unpaired) electrons. The molecule has 0 aliphatic heterocycles. The summed E-state index contributed by atoms with van der Waals surface area (Å²) in [5, 5.41) is 23.1. The van der Waals surface area contributed by atoms with Crippen LogP contribution in [0, 0.1) is 10.6 Å². The van der Waals surface area contributed by atoms with Crippen molar-refractivity contribution < 1.29 is 19.8 Å². The number of hydrogen-bond donors (Lipinski definition) is 2. The Hall–Kier alpha value is -1.84. The van der Waals surface area contributed by atoms with Crippen molar-refractivity contribution >= 4 is 51.1 Å². The summed E-state index contributed by atoms with van der Waals surface area (Å²) in [6.45, 7) is 1.09. The first kappa shape index (κ1) is 15.5. The van der Waals surface area contributed by atoms with Crippen molar-refractivity contribution in [2.45, 2.75) is 6.92 Å². The van der Waals surface area contributed by atoms with Crippen molar-refractivity contribution in [2.24, 2.45) is 7.05 Å². The monoisotopic (exact) mass is 403 g/mol. The van der Waals surface area contributed by atoms with Gasteiger partial charge < -0.3 is 15.1 Å². The summed E-state index contributed by atoms with van der Waals surface area (Å²) in [6.07, 6.45) is 0. The third-order valence-electron chi connectivity index (χ3n) is 3.12. The number of halogens is 1. The molecule has 1 heterocycles. The number of carboxylic acid groups (broad SMARTS) is 2. The highest BCUT2D eigenvalue weighted by molar-refractivity contribution is 14.1. The lowest BCUT2D eigenvalue weighted by Crippen LogP contribution is -2.34. The Bertz CT molecular complexity index is 710. The molecule has 2 aromatic rings. The second-order valence-corrected chi connectivity index (χ2v) is 5.74. The molecule has 21 heavy (non-hydrogen) atoms. The molecule has 0 unspecified atom stereocenters. The van der Waals surface area contributed by atoms with Gasteiger partial charge in [0.05, 0.1) is 5.52 Å². The maximum absolute atomic E-state index is 11.0. The lowest BCUT2D eigenvalue weighted by molar-refractivity contribution is -0.136. The van der Waals surface area contributed by atoms with E-state index in [1.807, 2.05) is 20.0 Å². The van der Waals surface area contributed by atoms with Gasteiger partial charge in [0, 0.05) is 18.1 Å². The average molecular weight is 403 g/mol. The van der Waals surface area contributed by atoms with Gasteiger partial charge in [-0.3, -0.25) is 14.3 Å². The van der Waals surface area contributed by atoms with Crippen LogP contribution in [0.1, 0.15) is 5.56 Å². The van der Waals surface area contributed by atoms with E-state index in [1.165, 1.54) is 4.90 Å². The summed E-state index contributed by atoms with van der Waals surface area (Å²) < 4.78 is 2.53. The Labute approximate surface area is 134 Å². The largest absolute Gasteiger partial charge is 0.480 e. The maximum atomic E-state index is 11.0. The van der Waals surface area contributed by atoms with E-state index in [9.17, 15) is 9.59 Å². The van der Waals surface area contributed by atoms with Crippen molar-refractivity contribution in [1.82, 2.24) is 9.78 Å². The molecule has 0 saturated heterocycles. The van der Waals surface area contributed by atoms with E-state index in [2.05, 4.69) is 27.7 Å². The number of carbonyl (C=O) groups is 2. The minimum atomic E-state index is -1.07. The maximum Gasteiger partial charge on any atom is 0.323 e. The molecule has 112 valence electrons. The number of carboxylic acids is 2. The van der Waals surface area contributed by atoms with Gasteiger partial charge >= 0.3 is 11.9 Å². The molecular formula is C13H14IN3O4. The molecule has 0 amide bonds. The van der Waals surface area contributed by atoms with Crippen LogP contribution < -0.4 is 4.90 Å². The van der Waals surface area contributed by atoms with Crippen molar-refractivity contribution in [3.05, 3.63) is 21.4 Å². The number of aryl methyl sites for hydroxylation is 2. The number of nitrogens with zero attached hydrogens (tertiary/aromatic N) is 3. The molecule has 0 spiro atoms. The Balaban J connectivity index is 2.55. The minimum Gasteiger partial charge on any atom is -0.480 e.